The molecule has 4 rings (SSSR count). The first kappa shape index (κ1) is 15.6. The molecule has 3 heterocycles. The van der Waals surface area contributed by atoms with Crippen LogP contribution in [0.5, 0.6) is 0 Å². The van der Waals surface area contributed by atoms with Gasteiger partial charge in [-0.25, -0.2) is 9.97 Å². The first-order valence-corrected chi connectivity index (χ1v) is 9.54. The maximum absolute atomic E-state index is 12.0. The first-order valence-electron chi connectivity index (χ1n) is 7.78. The van der Waals surface area contributed by atoms with Crippen LogP contribution in [0.2, 0.25) is 0 Å². The average molecular weight is 356 g/mol. The summed E-state index contributed by atoms with van der Waals surface area (Å²) < 4.78 is 5.27. The highest BCUT2D eigenvalue weighted by molar-refractivity contribution is 8.00. The lowest BCUT2D eigenvalue weighted by Crippen LogP contribution is -2.09. The van der Waals surface area contributed by atoms with Gasteiger partial charge in [0.15, 0.2) is 0 Å². The monoisotopic (exact) mass is 356 g/mol. The summed E-state index contributed by atoms with van der Waals surface area (Å²) in [6.45, 7) is 4.00. The lowest BCUT2D eigenvalue weighted by Gasteiger charge is -2.08. The number of carbonyl (C=O) groups is 1. The molecule has 6 heteroatoms. The van der Waals surface area contributed by atoms with Crippen LogP contribution in [0.15, 0.2) is 41.0 Å². The lowest BCUT2D eigenvalue weighted by atomic mass is 10.1. The second kappa shape index (κ2) is 6.18. The molecule has 24 heavy (non-hydrogen) atoms. The van der Waals surface area contributed by atoms with Crippen molar-refractivity contribution < 1.29 is 9.53 Å². The van der Waals surface area contributed by atoms with Gasteiger partial charge in [0.25, 0.3) is 0 Å². The van der Waals surface area contributed by atoms with Crippen LogP contribution >= 0.6 is 23.1 Å². The van der Waals surface area contributed by atoms with Gasteiger partial charge in [0.1, 0.15) is 27.5 Å². The highest BCUT2D eigenvalue weighted by Crippen LogP contribution is 2.40. The number of esters is 1. The fraction of sp³-hybridized carbons (Fsp3) is 0.278. The van der Waals surface area contributed by atoms with Crippen LogP contribution in [0.1, 0.15) is 18.9 Å². The van der Waals surface area contributed by atoms with Crippen molar-refractivity contribution >= 4 is 39.3 Å². The number of aromatic nitrogens is 2. The summed E-state index contributed by atoms with van der Waals surface area (Å²) in [6, 6.07) is 8.44. The van der Waals surface area contributed by atoms with Crippen molar-refractivity contribution in [2.75, 3.05) is 0 Å². The van der Waals surface area contributed by atoms with Gasteiger partial charge < -0.3 is 4.74 Å². The Balaban J connectivity index is 1.77. The number of thioether (sulfide) groups is 1. The number of nitrogens with zero attached hydrogens (tertiary/aromatic N) is 2. The molecule has 0 spiro atoms. The van der Waals surface area contributed by atoms with Gasteiger partial charge in [-0.05, 0) is 19.4 Å². The van der Waals surface area contributed by atoms with Crippen LogP contribution < -0.4 is 0 Å². The Hall–Kier alpha value is -1.92. The molecular formula is C18H16N2O2S2. The maximum atomic E-state index is 12.0. The van der Waals surface area contributed by atoms with Gasteiger partial charge in [-0.15, -0.1) is 11.3 Å². The Bertz CT molecular complexity index is 905. The normalized spacial score (nSPS) is 20.5. The number of rotatable bonds is 3. The summed E-state index contributed by atoms with van der Waals surface area (Å²) in [6.07, 6.45) is 2.27. The topological polar surface area (TPSA) is 52.1 Å². The summed E-state index contributed by atoms with van der Waals surface area (Å²) in [5.41, 5.74) is 3.50. The van der Waals surface area contributed by atoms with Gasteiger partial charge in [0.05, 0.1) is 5.39 Å². The molecule has 4 nitrogen and oxygen atoms in total. The molecule has 1 fully saturated rings. The zero-order chi connectivity index (χ0) is 16.7. The second-order valence-corrected chi connectivity index (χ2v) is 8.01. The third-order valence-electron chi connectivity index (χ3n) is 4.08. The second-order valence-electron chi connectivity index (χ2n) is 5.96. The van der Waals surface area contributed by atoms with E-state index in [9.17, 15) is 4.79 Å². The summed E-state index contributed by atoms with van der Waals surface area (Å²) in [5, 5.41) is 3.81. The molecule has 0 saturated carbocycles. The van der Waals surface area contributed by atoms with Gasteiger partial charge in [-0.2, -0.15) is 0 Å². The lowest BCUT2D eigenvalue weighted by molar-refractivity contribution is -0.140. The van der Waals surface area contributed by atoms with Gasteiger partial charge in [0, 0.05) is 17.4 Å². The molecule has 0 unspecified atom stereocenters. The van der Waals surface area contributed by atoms with Crippen LogP contribution in [0.25, 0.3) is 21.3 Å². The highest BCUT2D eigenvalue weighted by Gasteiger charge is 2.33. The molecule has 1 saturated heterocycles. The molecule has 122 valence electrons. The standard InChI is InChI=1S/C18H16N2O2S2/c1-10-3-5-12(6-4-10)13-8-23-16-15(13)17(20-9-19-16)24-14-7-11(2)22-18(14)21/h3-6,8-9,11,14H,7H2,1-2H3/t11-,14-/m1/s1. The quantitative estimate of drug-likeness (QED) is 0.512. The third kappa shape index (κ3) is 2.80. The van der Waals surface area contributed by atoms with Gasteiger partial charge in [0.2, 0.25) is 0 Å². The average Bonchev–Trinajstić information content (AvgIpc) is 3.12. The van der Waals surface area contributed by atoms with E-state index in [1.54, 1.807) is 17.7 Å². The number of aryl methyl sites for hydroxylation is 1. The van der Waals surface area contributed by atoms with Crippen LogP contribution in [-0.4, -0.2) is 27.3 Å². The van der Waals surface area contributed by atoms with Crippen LogP contribution in [-0.2, 0) is 9.53 Å². The third-order valence-corrected chi connectivity index (χ3v) is 6.17. The molecule has 1 aromatic carbocycles. The molecule has 1 aliphatic heterocycles. The summed E-state index contributed by atoms with van der Waals surface area (Å²) in [5.74, 6) is -0.147. The Morgan fingerprint density at radius 3 is 2.75 bits per heavy atom. The molecule has 0 bridgehead atoms. The number of hydrogen-bond donors (Lipinski definition) is 0. The number of benzene rings is 1. The Morgan fingerprint density at radius 1 is 1.25 bits per heavy atom. The van der Waals surface area contributed by atoms with E-state index in [-0.39, 0.29) is 17.3 Å². The zero-order valence-corrected chi connectivity index (χ0v) is 15.0. The van der Waals surface area contributed by atoms with E-state index in [4.69, 9.17) is 4.74 Å². The predicted molar refractivity (Wildman–Crippen MR) is 97.4 cm³/mol. The Labute approximate surface area is 148 Å². The minimum Gasteiger partial charge on any atom is -0.462 e. The number of fused-ring (bicyclic) bond motifs is 1. The van der Waals surface area contributed by atoms with Crippen LogP contribution in [0, 0.1) is 6.92 Å². The van der Waals surface area contributed by atoms with Gasteiger partial charge in [-0.1, -0.05) is 41.6 Å². The molecule has 1 aliphatic rings. The Kier molecular flexibility index (Phi) is 4.02. The summed E-state index contributed by atoms with van der Waals surface area (Å²) >= 11 is 3.10. The molecule has 0 radical (unpaired) electrons. The SMILES string of the molecule is Cc1ccc(-c2csc3ncnc(S[C@@H]4C[C@@H](C)OC4=O)c23)cc1. The Morgan fingerprint density at radius 2 is 2.04 bits per heavy atom. The van der Waals surface area contributed by atoms with Crippen molar-refractivity contribution in [3.63, 3.8) is 0 Å². The smallest absolute Gasteiger partial charge is 0.319 e. The largest absolute Gasteiger partial charge is 0.462 e. The van der Waals surface area contributed by atoms with Crippen molar-refractivity contribution in [2.24, 2.45) is 0 Å². The van der Waals surface area contributed by atoms with E-state index >= 15 is 0 Å². The number of ether oxygens (including phenoxy) is 1. The molecule has 0 amide bonds. The van der Waals surface area contributed by atoms with E-state index in [0.717, 1.165) is 32.8 Å². The minimum atomic E-state index is -0.191. The van der Waals surface area contributed by atoms with Crippen molar-refractivity contribution in [3.05, 3.63) is 41.5 Å². The molecule has 0 aliphatic carbocycles. The van der Waals surface area contributed by atoms with Crippen molar-refractivity contribution in [1.29, 1.82) is 0 Å². The number of cyclic esters (lactones) is 1. The molecule has 2 aromatic heterocycles. The molecule has 2 atom stereocenters. The minimum absolute atomic E-state index is 0.0219. The van der Waals surface area contributed by atoms with E-state index < -0.39 is 0 Å². The first-order chi connectivity index (χ1) is 11.6. The molecule has 0 N–H and O–H groups in total. The number of thiophene rings is 1. The number of hydrogen-bond acceptors (Lipinski definition) is 6. The van der Waals surface area contributed by atoms with Crippen LogP contribution in [0.4, 0.5) is 0 Å². The van der Waals surface area contributed by atoms with Crippen molar-refractivity contribution in [3.8, 4) is 11.1 Å². The van der Waals surface area contributed by atoms with Gasteiger partial charge >= 0.3 is 5.97 Å². The van der Waals surface area contributed by atoms with E-state index in [2.05, 4.69) is 46.5 Å². The van der Waals surface area contributed by atoms with Gasteiger partial charge in [-0.3, -0.25) is 4.79 Å². The van der Waals surface area contributed by atoms with Crippen molar-refractivity contribution in [2.45, 2.75) is 36.6 Å². The van der Waals surface area contributed by atoms with E-state index in [0.29, 0.717) is 0 Å². The van der Waals surface area contributed by atoms with E-state index in [1.165, 1.54) is 17.3 Å². The fourth-order valence-electron chi connectivity index (χ4n) is 2.83. The summed E-state index contributed by atoms with van der Waals surface area (Å²) in [7, 11) is 0. The number of carbonyl (C=O) groups excluding carboxylic acids is 1. The van der Waals surface area contributed by atoms with Crippen molar-refractivity contribution in [1.82, 2.24) is 9.97 Å². The zero-order valence-electron chi connectivity index (χ0n) is 13.4. The molecule has 3 aromatic rings. The summed E-state index contributed by atoms with van der Waals surface area (Å²) in [4.78, 5) is 21.8. The predicted octanol–water partition coefficient (Wildman–Crippen LogP) is 4.46. The highest BCUT2D eigenvalue weighted by atomic mass is 32.2. The van der Waals surface area contributed by atoms with E-state index in [1.807, 2.05) is 6.92 Å². The molecular weight excluding hydrogens is 340 g/mol. The fourth-order valence-corrected chi connectivity index (χ4v) is 5.04. The van der Waals surface area contributed by atoms with Crippen LogP contribution in [0.3, 0.4) is 0 Å². The maximum Gasteiger partial charge on any atom is 0.319 e.